The topological polar surface area (TPSA) is 15.3 Å². The van der Waals surface area contributed by atoms with Gasteiger partial charge in [-0.05, 0) is 49.7 Å². The van der Waals surface area contributed by atoms with Crippen LogP contribution in [-0.2, 0) is 0 Å². The summed E-state index contributed by atoms with van der Waals surface area (Å²) < 4.78 is 1.16. The van der Waals surface area contributed by atoms with E-state index in [0.717, 1.165) is 36.4 Å². The molecular weight excluding hydrogens is 324 g/mol. The van der Waals surface area contributed by atoms with Crippen molar-refractivity contribution in [3.05, 3.63) is 34.3 Å². The lowest BCUT2D eigenvalue weighted by Crippen LogP contribution is -2.32. The Balaban J connectivity index is 2.61. The zero-order valence-electron chi connectivity index (χ0n) is 14.0. The maximum absolute atomic E-state index is 3.63. The van der Waals surface area contributed by atoms with Crippen molar-refractivity contribution in [1.82, 2.24) is 10.2 Å². The molecule has 3 heteroatoms. The summed E-state index contributed by atoms with van der Waals surface area (Å²) in [5.74, 6) is 0.786. The summed E-state index contributed by atoms with van der Waals surface area (Å²) in [4.78, 5) is 2.58. The van der Waals surface area contributed by atoms with Gasteiger partial charge in [0.2, 0.25) is 0 Å². The molecule has 0 aliphatic rings. The fourth-order valence-electron chi connectivity index (χ4n) is 2.62. The predicted molar refractivity (Wildman–Crippen MR) is 96.7 cm³/mol. The lowest BCUT2D eigenvalue weighted by molar-refractivity contribution is 0.233. The minimum absolute atomic E-state index is 0.443. The molecule has 1 aromatic rings. The van der Waals surface area contributed by atoms with Crippen molar-refractivity contribution in [2.24, 2.45) is 5.92 Å². The molecular formula is C18H31BrN2. The van der Waals surface area contributed by atoms with Crippen molar-refractivity contribution in [3.8, 4) is 0 Å². The Morgan fingerprint density at radius 1 is 1.24 bits per heavy atom. The highest BCUT2D eigenvalue weighted by Gasteiger charge is 2.13. The Morgan fingerprint density at radius 3 is 2.57 bits per heavy atom. The van der Waals surface area contributed by atoms with E-state index < -0.39 is 0 Å². The van der Waals surface area contributed by atoms with E-state index in [1.807, 2.05) is 0 Å². The van der Waals surface area contributed by atoms with Gasteiger partial charge in [-0.15, -0.1) is 0 Å². The maximum atomic E-state index is 3.63. The number of hydrogen-bond acceptors (Lipinski definition) is 2. The molecule has 0 radical (unpaired) electrons. The summed E-state index contributed by atoms with van der Waals surface area (Å²) in [6.45, 7) is 13.6. The van der Waals surface area contributed by atoms with Gasteiger partial charge < -0.3 is 10.2 Å². The van der Waals surface area contributed by atoms with E-state index in [-0.39, 0.29) is 0 Å². The van der Waals surface area contributed by atoms with Gasteiger partial charge in [0.15, 0.2) is 0 Å². The van der Waals surface area contributed by atoms with Gasteiger partial charge in [0.25, 0.3) is 0 Å². The highest BCUT2D eigenvalue weighted by atomic mass is 79.9. The maximum Gasteiger partial charge on any atom is 0.0332 e. The molecule has 1 aromatic carbocycles. The van der Waals surface area contributed by atoms with E-state index in [4.69, 9.17) is 0 Å². The van der Waals surface area contributed by atoms with Crippen molar-refractivity contribution >= 4 is 15.9 Å². The van der Waals surface area contributed by atoms with Crippen LogP contribution in [0, 0.1) is 5.92 Å². The average Bonchev–Trinajstić information content (AvgIpc) is 2.49. The number of hydrogen-bond donors (Lipinski definition) is 1. The van der Waals surface area contributed by atoms with Crippen molar-refractivity contribution < 1.29 is 0 Å². The Bertz CT molecular complexity index is 395. The summed E-state index contributed by atoms with van der Waals surface area (Å²) >= 11 is 3.58. The standard InChI is InChI=1S/C18H31BrN2/c1-5-15(4)14-21(7-3)12-11-18(20-6-2)16-9-8-10-17(19)13-16/h8-10,13,15,18,20H,5-7,11-12,14H2,1-4H3. The van der Waals surface area contributed by atoms with Crippen LogP contribution in [0.3, 0.4) is 0 Å². The molecule has 0 spiro atoms. The highest BCUT2D eigenvalue weighted by molar-refractivity contribution is 9.10. The summed E-state index contributed by atoms with van der Waals surface area (Å²) in [7, 11) is 0. The SMILES string of the molecule is CCNC(CCN(CC)CC(C)CC)c1cccc(Br)c1. The molecule has 2 unspecified atom stereocenters. The molecule has 0 bridgehead atoms. The Labute approximate surface area is 139 Å². The van der Waals surface area contributed by atoms with Gasteiger partial charge in [-0.25, -0.2) is 0 Å². The fourth-order valence-corrected chi connectivity index (χ4v) is 3.03. The summed E-state index contributed by atoms with van der Waals surface area (Å²) in [6.07, 6.45) is 2.42. The van der Waals surface area contributed by atoms with Crippen LogP contribution in [0.2, 0.25) is 0 Å². The van der Waals surface area contributed by atoms with Crippen molar-refractivity contribution in [2.75, 3.05) is 26.2 Å². The molecule has 120 valence electrons. The van der Waals surface area contributed by atoms with Crippen LogP contribution in [-0.4, -0.2) is 31.1 Å². The lowest BCUT2D eigenvalue weighted by atomic mass is 10.0. The Kier molecular flexibility index (Phi) is 9.21. The molecule has 0 aliphatic carbocycles. The first-order chi connectivity index (χ1) is 10.1. The summed E-state index contributed by atoms with van der Waals surface area (Å²) in [6, 6.07) is 9.12. The zero-order chi connectivity index (χ0) is 15.7. The van der Waals surface area contributed by atoms with Gasteiger partial charge in [0.05, 0.1) is 0 Å². The van der Waals surface area contributed by atoms with Crippen LogP contribution < -0.4 is 5.32 Å². The van der Waals surface area contributed by atoms with Crippen LogP contribution in [0.1, 0.15) is 52.1 Å². The van der Waals surface area contributed by atoms with E-state index >= 15 is 0 Å². The minimum Gasteiger partial charge on any atom is -0.310 e. The van der Waals surface area contributed by atoms with Crippen LogP contribution in [0.4, 0.5) is 0 Å². The normalized spacial score (nSPS) is 14.4. The van der Waals surface area contributed by atoms with Gasteiger partial charge in [0.1, 0.15) is 0 Å². The third-order valence-corrected chi connectivity index (χ3v) is 4.64. The van der Waals surface area contributed by atoms with Gasteiger partial charge in [0, 0.05) is 17.1 Å². The highest BCUT2D eigenvalue weighted by Crippen LogP contribution is 2.21. The van der Waals surface area contributed by atoms with Crippen molar-refractivity contribution in [1.29, 1.82) is 0 Å². The Hall–Kier alpha value is -0.380. The molecule has 0 fully saturated rings. The molecule has 2 atom stereocenters. The largest absolute Gasteiger partial charge is 0.310 e. The summed E-state index contributed by atoms with van der Waals surface area (Å²) in [5, 5.41) is 3.63. The number of nitrogens with zero attached hydrogens (tertiary/aromatic N) is 1. The molecule has 2 nitrogen and oxygen atoms in total. The first-order valence-electron chi connectivity index (χ1n) is 8.31. The zero-order valence-corrected chi connectivity index (χ0v) is 15.6. The Morgan fingerprint density at radius 2 is 2.00 bits per heavy atom. The quantitative estimate of drug-likeness (QED) is 0.645. The number of nitrogens with one attached hydrogen (secondary N) is 1. The van der Waals surface area contributed by atoms with Crippen molar-refractivity contribution in [3.63, 3.8) is 0 Å². The molecule has 0 aliphatic heterocycles. The molecule has 1 N–H and O–H groups in total. The molecule has 0 saturated carbocycles. The minimum atomic E-state index is 0.443. The van der Waals surface area contributed by atoms with Gasteiger partial charge in [-0.2, -0.15) is 0 Å². The van der Waals surface area contributed by atoms with Crippen LogP contribution in [0.5, 0.6) is 0 Å². The third kappa shape index (κ3) is 6.94. The average molecular weight is 355 g/mol. The monoisotopic (exact) mass is 354 g/mol. The second kappa shape index (κ2) is 10.4. The van der Waals surface area contributed by atoms with Gasteiger partial charge >= 0.3 is 0 Å². The van der Waals surface area contributed by atoms with E-state index in [9.17, 15) is 0 Å². The molecule has 21 heavy (non-hydrogen) atoms. The van der Waals surface area contributed by atoms with Crippen LogP contribution in [0.15, 0.2) is 28.7 Å². The van der Waals surface area contributed by atoms with E-state index in [1.165, 1.54) is 18.5 Å². The lowest BCUT2D eigenvalue weighted by Gasteiger charge is -2.27. The second-order valence-corrected chi connectivity index (χ2v) is 6.78. The van der Waals surface area contributed by atoms with Crippen LogP contribution >= 0.6 is 15.9 Å². The van der Waals surface area contributed by atoms with Gasteiger partial charge in [-0.3, -0.25) is 0 Å². The van der Waals surface area contributed by atoms with E-state index in [0.29, 0.717) is 6.04 Å². The first-order valence-corrected chi connectivity index (χ1v) is 9.11. The van der Waals surface area contributed by atoms with E-state index in [1.54, 1.807) is 0 Å². The number of benzene rings is 1. The van der Waals surface area contributed by atoms with Crippen molar-refractivity contribution in [2.45, 2.75) is 46.6 Å². The smallest absolute Gasteiger partial charge is 0.0332 e. The molecule has 0 aromatic heterocycles. The third-order valence-electron chi connectivity index (χ3n) is 4.15. The second-order valence-electron chi connectivity index (χ2n) is 5.86. The van der Waals surface area contributed by atoms with Gasteiger partial charge in [-0.1, -0.05) is 62.2 Å². The van der Waals surface area contributed by atoms with E-state index in [2.05, 4.69) is 78.1 Å². The number of halogens is 1. The molecule has 0 saturated heterocycles. The molecule has 1 rings (SSSR count). The van der Waals surface area contributed by atoms with Crippen LogP contribution in [0.25, 0.3) is 0 Å². The molecule has 0 heterocycles. The number of rotatable bonds is 10. The predicted octanol–water partition coefficient (Wildman–Crippen LogP) is 4.86. The fraction of sp³-hybridized carbons (Fsp3) is 0.667. The summed E-state index contributed by atoms with van der Waals surface area (Å²) in [5.41, 5.74) is 1.38. The first kappa shape index (κ1) is 18.7. The molecule has 0 amide bonds.